The largest absolute Gasteiger partial charge is 0.307 e. The van der Waals surface area contributed by atoms with Crippen LogP contribution in [0.25, 0.3) is 11.2 Å². The van der Waals surface area contributed by atoms with Crippen LogP contribution in [0.5, 0.6) is 0 Å². The van der Waals surface area contributed by atoms with E-state index in [-0.39, 0.29) is 0 Å². The Labute approximate surface area is 126 Å². The summed E-state index contributed by atoms with van der Waals surface area (Å²) in [4.78, 5) is 14.8. The van der Waals surface area contributed by atoms with E-state index in [1.807, 2.05) is 31.5 Å². The molecule has 0 saturated heterocycles. The second-order valence-electron chi connectivity index (χ2n) is 4.71. The molecule has 3 rings (SSSR count). The summed E-state index contributed by atoms with van der Waals surface area (Å²) >= 11 is 7.56. The molecule has 3 heterocycles. The number of nitrogens with zero attached hydrogens (tertiary/aromatic N) is 4. The minimum absolute atomic E-state index is 0.560. The van der Waals surface area contributed by atoms with Crippen molar-refractivity contribution in [1.82, 2.24) is 19.5 Å². The first kappa shape index (κ1) is 13.5. The number of fused-ring (bicyclic) bond motifs is 1. The van der Waals surface area contributed by atoms with E-state index in [0.717, 1.165) is 41.3 Å². The van der Waals surface area contributed by atoms with Crippen molar-refractivity contribution >= 4 is 34.1 Å². The van der Waals surface area contributed by atoms with Crippen LogP contribution in [0.1, 0.15) is 22.1 Å². The van der Waals surface area contributed by atoms with Gasteiger partial charge in [0.2, 0.25) is 0 Å². The third kappa shape index (κ3) is 2.43. The summed E-state index contributed by atoms with van der Waals surface area (Å²) < 4.78 is 2.16. The third-order valence-corrected chi connectivity index (χ3v) is 4.38. The van der Waals surface area contributed by atoms with Gasteiger partial charge in [-0.2, -0.15) is 0 Å². The molecular weight excluding hydrogens is 292 g/mol. The molecule has 0 amide bonds. The van der Waals surface area contributed by atoms with E-state index in [4.69, 9.17) is 11.6 Å². The van der Waals surface area contributed by atoms with Crippen molar-refractivity contribution < 1.29 is 0 Å². The summed E-state index contributed by atoms with van der Waals surface area (Å²) in [7, 11) is 0. The molecule has 0 fully saturated rings. The number of alkyl halides is 1. The highest BCUT2D eigenvalue weighted by Gasteiger charge is 2.14. The van der Waals surface area contributed by atoms with E-state index in [9.17, 15) is 0 Å². The van der Waals surface area contributed by atoms with Gasteiger partial charge < -0.3 is 4.57 Å². The van der Waals surface area contributed by atoms with Gasteiger partial charge in [-0.1, -0.05) is 0 Å². The zero-order valence-electron chi connectivity index (χ0n) is 11.4. The summed E-state index contributed by atoms with van der Waals surface area (Å²) in [5.41, 5.74) is 5.80. The average molecular weight is 307 g/mol. The van der Waals surface area contributed by atoms with E-state index >= 15 is 0 Å². The lowest BCUT2D eigenvalue weighted by Gasteiger charge is -2.07. The molecule has 3 aromatic rings. The van der Waals surface area contributed by atoms with Crippen LogP contribution in [0, 0.1) is 13.8 Å². The highest BCUT2D eigenvalue weighted by atomic mass is 35.5. The number of rotatable bonds is 4. The first-order valence-corrected chi connectivity index (χ1v) is 7.88. The van der Waals surface area contributed by atoms with Gasteiger partial charge in [0, 0.05) is 22.9 Å². The summed E-state index contributed by atoms with van der Waals surface area (Å²) in [6.07, 6.45) is 0.745. The van der Waals surface area contributed by atoms with Crippen LogP contribution >= 0.6 is 22.9 Å². The molecule has 0 aromatic carbocycles. The predicted octanol–water partition coefficient (Wildman–Crippen LogP) is 3.33. The Bertz CT molecular complexity index is 747. The quantitative estimate of drug-likeness (QED) is 0.694. The van der Waals surface area contributed by atoms with Crippen molar-refractivity contribution in [2.24, 2.45) is 0 Å². The summed E-state index contributed by atoms with van der Waals surface area (Å²) in [6, 6.07) is 4.01. The molecule has 6 heteroatoms. The smallest absolute Gasteiger partial charge is 0.160 e. The Morgan fingerprint density at radius 2 is 2.10 bits per heavy atom. The average Bonchev–Trinajstić information content (AvgIpc) is 2.96. The third-order valence-electron chi connectivity index (χ3n) is 3.28. The van der Waals surface area contributed by atoms with Gasteiger partial charge in [0.15, 0.2) is 5.65 Å². The van der Waals surface area contributed by atoms with Gasteiger partial charge in [-0.05, 0) is 26.0 Å². The van der Waals surface area contributed by atoms with Gasteiger partial charge in [-0.3, -0.25) is 0 Å². The predicted molar refractivity (Wildman–Crippen MR) is 82.6 cm³/mol. The molecule has 3 aromatic heterocycles. The number of halogens is 1. The molecule has 0 aliphatic rings. The van der Waals surface area contributed by atoms with Crippen LogP contribution in [0.2, 0.25) is 0 Å². The van der Waals surface area contributed by atoms with Crippen LogP contribution < -0.4 is 0 Å². The standard InChI is InChI=1S/C14H15ClN4S/c1-9-3-4-11-14(17-9)19(13(18-11)5-6-15)7-12-10(2)16-8-20-12/h3-4,8H,5-7H2,1-2H3. The topological polar surface area (TPSA) is 43.6 Å². The van der Waals surface area contributed by atoms with Crippen LogP contribution in [0.4, 0.5) is 0 Å². The van der Waals surface area contributed by atoms with Crippen molar-refractivity contribution in [2.75, 3.05) is 5.88 Å². The lowest BCUT2D eigenvalue weighted by molar-refractivity contribution is 0.750. The first-order valence-electron chi connectivity index (χ1n) is 6.46. The SMILES string of the molecule is Cc1ccc2nc(CCCl)n(Cc3scnc3C)c2n1. The van der Waals surface area contributed by atoms with E-state index < -0.39 is 0 Å². The normalized spacial score (nSPS) is 11.3. The maximum absolute atomic E-state index is 5.90. The zero-order chi connectivity index (χ0) is 14.1. The minimum atomic E-state index is 0.560. The molecule has 0 spiro atoms. The fraction of sp³-hybridized carbons (Fsp3) is 0.357. The lowest BCUT2D eigenvalue weighted by Crippen LogP contribution is -2.06. The number of thiazole rings is 1. The Hall–Kier alpha value is -1.46. The summed E-state index contributed by atoms with van der Waals surface area (Å²) in [5, 5.41) is 0. The molecule has 0 N–H and O–H groups in total. The second kappa shape index (κ2) is 5.50. The number of hydrogen-bond donors (Lipinski definition) is 0. The highest BCUT2D eigenvalue weighted by molar-refractivity contribution is 7.09. The van der Waals surface area contributed by atoms with Gasteiger partial charge in [-0.25, -0.2) is 15.0 Å². The fourth-order valence-electron chi connectivity index (χ4n) is 2.21. The fourth-order valence-corrected chi connectivity index (χ4v) is 3.14. The molecule has 0 unspecified atom stereocenters. The minimum Gasteiger partial charge on any atom is -0.307 e. The van der Waals surface area contributed by atoms with Crippen molar-refractivity contribution in [3.8, 4) is 0 Å². The number of aromatic nitrogens is 4. The number of imidazole rings is 1. The van der Waals surface area contributed by atoms with Crippen LogP contribution in [0.15, 0.2) is 17.6 Å². The number of pyridine rings is 1. The molecule has 0 radical (unpaired) electrons. The van der Waals surface area contributed by atoms with E-state index in [0.29, 0.717) is 5.88 Å². The second-order valence-corrected chi connectivity index (χ2v) is 6.03. The van der Waals surface area contributed by atoms with Gasteiger partial charge in [0.05, 0.1) is 17.7 Å². The zero-order valence-corrected chi connectivity index (χ0v) is 13.0. The Morgan fingerprint density at radius 3 is 2.80 bits per heavy atom. The molecule has 0 aliphatic heterocycles. The van der Waals surface area contributed by atoms with Gasteiger partial charge >= 0.3 is 0 Å². The number of aryl methyl sites for hydroxylation is 3. The van der Waals surface area contributed by atoms with Crippen molar-refractivity contribution in [2.45, 2.75) is 26.8 Å². The Morgan fingerprint density at radius 1 is 1.25 bits per heavy atom. The molecule has 4 nitrogen and oxygen atoms in total. The molecule has 104 valence electrons. The molecule has 20 heavy (non-hydrogen) atoms. The Kier molecular flexibility index (Phi) is 3.72. The van der Waals surface area contributed by atoms with Crippen molar-refractivity contribution in [1.29, 1.82) is 0 Å². The first-order chi connectivity index (χ1) is 9.69. The molecule has 0 bridgehead atoms. The van der Waals surface area contributed by atoms with Crippen molar-refractivity contribution in [3.05, 3.63) is 39.7 Å². The van der Waals surface area contributed by atoms with E-state index in [1.54, 1.807) is 11.3 Å². The monoisotopic (exact) mass is 306 g/mol. The van der Waals surface area contributed by atoms with E-state index in [1.165, 1.54) is 4.88 Å². The van der Waals surface area contributed by atoms with Crippen molar-refractivity contribution in [3.63, 3.8) is 0 Å². The maximum Gasteiger partial charge on any atom is 0.160 e. The molecule has 0 saturated carbocycles. The van der Waals surface area contributed by atoms with Gasteiger partial charge in [-0.15, -0.1) is 22.9 Å². The Balaban J connectivity index is 2.12. The summed E-state index contributed by atoms with van der Waals surface area (Å²) in [6.45, 7) is 4.79. The van der Waals surface area contributed by atoms with Crippen LogP contribution in [0.3, 0.4) is 0 Å². The summed E-state index contributed by atoms with van der Waals surface area (Å²) in [5.74, 6) is 1.55. The lowest BCUT2D eigenvalue weighted by atomic mass is 10.3. The van der Waals surface area contributed by atoms with E-state index in [2.05, 4.69) is 19.5 Å². The maximum atomic E-state index is 5.90. The van der Waals surface area contributed by atoms with Crippen LogP contribution in [-0.4, -0.2) is 25.4 Å². The van der Waals surface area contributed by atoms with Gasteiger partial charge in [0.25, 0.3) is 0 Å². The number of hydrogen-bond acceptors (Lipinski definition) is 4. The molecule has 0 aliphatic carbocycles. The molecule has 0 atom stereocenters. The van der Waals surface area contributed by atoms with Crippen LogP contribution in [-0.2, 0) is 13.0 Å². The van der Waals surface area contributed by atoms with Gasteiger partial charge in [0.1, 0.15) is 11.3 Å². The highest BCUT2D eigenvalue weighted by Crippen LogP contribution is 2.20. The molecular formula is C14H15ClN4S.